The molecule has 0 amide bonds. The molecular formula is C25H52N6Si2Zr. The Balaban J connectivity index is 0. The van der Waals surface area contributed by atoms with Crippen LogP contribution in [0.5, 0.6) is 0 Å². The van der Waals surface area contributed by atoms with Crippen LogP contribution < -0.4 is 0 Å². The van der Waals surface area contributed by atoms with E-state index in [2.05, 4.69) is 66.6 Å². The summed E-state index contributed by atoms with van der Waals surface area (Å²) in [6.07, 6.45) is 5.94. The summed E-state index contributed by atoms with van der Waals surface area (Å²) in [5.41, 5.74) is 7.82. The zero-order valence-electron chi connectivity index (χ0n) is 23.6. The van der Waals surface area contributed by atoms with E-state index in [4.69, 9.17) is 15.7 Å². The number of pyridine rings is 1. The van der Waals surface area contributed by atoms with Crippen molar-refractivity contribution in [3.63, 3.8) is 0 Å². The van der Waals surface area contributed by atoms with Gasteiger partial charge in [-0.1, -0.05) is 102 Å². The van der Waals surface area contributed by atoms with Gasteiger partial charge in [0.1, 0.15) is 0 Å². The van der Waals surface area contributed by atoms with E-state index in [1.807, 2.05) is 33.0 Å². The number of hydrogen-bond donors (Lipinski definition) is 0. The van der Waals surface area contributed by atoms with Crippen LogP contribution in [0.2, 0.25) is 39.3 Å². The molecule has 2 heterocycles. The van der Waals surface area contributed by atoms with Crippen molar-refractivity contribution < 1.29 is 26.2 Å². The van der Waals surface area contributed by atoms with Crippen LogP contribution in [-0.4, -0.2) is 71.2 Å². The van der Waals surface area contributed by atoms with Gasteiger partial charge < -0.3 is 25.9 Å². The molecule has 0 saturated carbocycles. The van der Waals surface area contributed by atoms with Crippen LogP contribution in [-0.2, 0) is 32.7 Å². The minimum absolute atomic E-state index is 0. The Bertz CT molecular complexity index is 544. The van der Waals surface area contributed by atoms with Crippen LogP contribution in [0.3, 0.4) is 0 Å². The average Bonchev–Trinajstić information content (AvgIpc) is 2.67. The molecular weight excluding hydrogens is 532 g/mol. The largest absolute Gasteiger partial charge is 4.00 e. The number of nitrogens with zero attached hydrogens (tertiary/aromatic N) is 5. The molecule has 1 aliphatic rings. The van der Waals surface area contributed by atoms with Crippen LogP contribution in [0.1, 0.15) is 45.7 Å². The van der Waals surface area contributed by atoms with Gasteiger partial charge >= 0.3 is 26.2 Å². The fraction of sp³-hybridized carbons (Fsp3) is 0.800. The van der Waals surface area contributed by atoms with Crippen molar-refractivity contribution >= 4 is 16.5 Å². The van der Waals surface area contributed by atoms with E-state index >= 15 is 0 Å². The summed E-state index contributed by atoms with van der Waals surface area (Å²) in [6.45, 7) is 26.3. The van der Waals surface area contributed by atoms with E-state index in [0.29, 0.717) is 0 Å². The number of aromatic nitrogens is 1. The summed E-state index contributed by atoms with van der Waals surface area (Å²) in [7, 11) is -2.62. The fourth-order valence-electron chi connectivity index (χ4n) is 2.78. The Morgan fingerprint density at radius 2 is 1.38 bits per heavy atom. The van der Waals surface area contributed by atoms with Crippen molar-refractivity contribution in [1.29, 1.82) is 0 Å². The smallest absolute Gasteiger partial charge is 0.673 e. The normalized spacial score (nSPS) is 14.3. The Morgan fingerprint density at radius 1 is 0.912 bits per heavy atom. The van der Waals surface area contributed by atoms with E-state index in [9.17, 15) is 0 Å². The van der Waals surface area contributed by atoms with Crippen molar-refractivity contribution in [2.45, 2.75) is 91.4 Å². The predicted octanol–water partition coefficient (Wildman–Crippen LogP) is 7.68. The van der Waals surface area contributed by atoms with Gasteiger partial charge in [0.15, 0.2) is 0 Å². The first-order valence-corrected chi connectivity index (χ1v) is 19.4. The molecule has 0 bridgehead atoms. The first-order valence-electron chi connectivity index (χ1n) is 12.5. The zero-order valence-corrected chi connectivity index (χ0v) is 28.1. The summed E-state index contributed by atoms with van der Waals surface area (Å²) >= 11 is 0. The summed E-state index contributed by atoms with van der Waals surface area (Å²) < 4.78 is 0. The number of rotatable bonds is 10. The molecule has 6 nitrogen and oxygen atoms in total. The maximum atomic E-state index is 6.94. The maximum Gasteiger partial charge on any atom is 4.00 e. The van der Waals surface area contributed by atoms with Crippen molar-refractivity contribution in [1.82, 2.24) is 9.88 Å². The number of hydrogen-bond acceptors (Lipinski definition) is 2. The van der Waals surface area contributed by atoms with E-state index in [1.54, 1.807) is 0 Å². The molecule has 0 spiro atoms. The van der Waals surface area contributed by atoms with Gasteiger partial charge in [-0.2, -0.15) is 0 Å². The Kier molecular flexibility index (Phi) is 20.8. The van der Waals surface area contributed by atoms with Gasteiger partial charge in [0.2, 0.25) is 0 Å². The summed E-state index contributed by atoms with van der Waals surface area (Å²) in [6, 6.07) is 6.12. The van der Waals surface area contributed by atoms with E-state index in [-0.39, 0.29) is 31.7 Å². The number of piperidine rings is 1. The van der Waals surface area contributed by atoms with Gasteiger partial charge in [-0.05, 0) is 25.2 Å². The molecule has 0 unspecified atom stereocenters. The predicted molar refractivity (Wildman–Crippen MR) is 154 cm³/mol. The van der Waals surface area contributed by atoms with Crippen LogP contribution >= 0.6 is 0 Å². The van der Waals surface area contributed by atoms with Crippen LogP contribution in [0, 0.1) is 0 Å². The first-order chi connectivity index (χ1) is 15.2. The molecule has 0 radical (unpaired) electrons. The standard InChI is InChI=1S/C16H32N4Si2.C5H10N.C4H10N.Zr/c1-21(2,3)18-11-13-20(14-12-19-22(4,5)6)15-16-9-7-8-10-17-16;1-2-4-6-5-3-1;1-4(2,3)5;/h7-10H,11-15H2,1-6H3;1-5H2;5H,1-3H3;/q-2;2*-1;+4. The van der Waals surface area contributed by atoms with Gasteiger partial charge in [-0.25, -0.2) is 0 Å². The summed E-state index contributed by atoms with van der Waals surface area (Å²) in [5, 5.41) is 4.18. The Hall–Kier alpha value is 0.267. The second-order valence-corrected chi connectivity index (χ2v) is 21.0. The van der Waals surface area contributed by atoms with Crippen molar-refractivity contribution in [2.24, 2.45) is 0 Å². The second-order valence-electron chi connectivity index (χ2n) is 11.7. The van der Waals surface area contributed by atoms with Crippen LogP contribution in [0.25, 0.3) is 21.0 Å². The molecule has 1 aliphatic heterocycles. The minimum Gasteiger partial charge on any atom is -0.673 e. The third-order valence-corrected chi connectivity index (χ3v) is 6.59. The molecule has 1 saturated heterocycles. The molecule has 2 rings (SSSR count). The monoisotopic (exact) mass is 582 g/mol. The molecule has 34 heavy (non-hydrogen) atoms. The zero-order chi connectivity index (χ0) is 25.4. The van der Waals surface area contributed by atoms with Gasteiger partial charge in [-0.3, -0.25) is 4.98 Å². The van der Waals surface area contributed by atoms with Gasteiger partial charge in [-0.15, -0.1) is 31.7 Å². The van der Waals surface area contributed by atoms with Crippen molar-refractivity contribution in [3.8, 4) is 0 Å². The van der Waals surface area contributed by atoms with Gasteiger partial charge in [0, 0.05) is 12.7 Å². The SMILES string of the molecule is C1CC[N-]CC1.CC(C)(C)[NH-].C[Si](C)(C)[N-]CCN(CC[N-][Si](C)(C)C)Cc1ccccn1.[Zr+4]. The number of nitrogens with one attached hydrogen (secondary N) is 1. The minimum atomic E-state index is -1.31. The molecule has 1 fully saturated rings. The summed E-state index contributed by atoms with van der Waals surface area (Å²) in [5.74, 6) is 0. The molecule has 0 atom stereocenters. The Morgan fingerprint density at radius 3 is 1.68 bits per heavy atom. The topological polar surface area (TPSA) is 82.2 Å². The van der Waals surface area contributed by atoms with Gasteiger partial charge in [0.25, 0.3) is 0 Å². The van der Waals surface area contributed by atoms with Gasteiger partial charge in [0.05, 0.1) is 5.69 Å². The Labute approximate surface area is 233 Å². The maximum absolute atomic E-state index is 6.94. The van der Waals surface area contributed by atoms with Crippen LogP contribution in [0.15, 0.2) is 24.4 Å². The third-order valence-electron chi connectivity index (χ3n) is 4.25. The molecule has 9 heteroatoms. The molecule has 1 aromatic rings. The molecule has 0 aromatic carbocycles. The summed E-state index contributed by atoms with van der Waals surface area (Å²) in [4.78, 5) is 16.6. The van der Waals surface area contributed by atoms with Crippen molar-refractivity contribution in [3.05, 3.63) is 51.1 Å². The van der Waals surface area contributed by atoms with E-state index in [0.717, 1.165) is 51.5 Å². The molecule has 0 aliphatic carbocycles. The molecule has 1 N–H and O–H groups in total. The van der Waals surface area contributed by atoms with E-state index in [1.165, 1.54) is 19.3 Å². The van der Waals surface area contributed by atoms with E-state index < -0.39 is 16.5 Å². The molecule has 194 valence electrons. The first kappa shape index (κ1) is 36.4. The van der Waals surface area contributed by atoms with Crippen LogP contribution in [0.4, 0.5) is 0 Å². The average molecular weight is 584 g/mol. The van der Waals surface area contributed by atoms with Crippen molar-refractivity contribution in [2.75, 3.05) is 39.3 Å². The molecule has 1 aromatic heterocycles. The second kappa shape index (κ2) is 19.4. The quantitative estimate of drug-likeness (QED) is 0.265. The third kappa shape index (κ3) is 30.3. The fourth-order valence-corrected chi connectivity index (χ4v) is 4.32.